The van der Waals surface area contributed by atoms with Gasteiger partial charge >= 0.3 is 23.9 Å². The quantitative estimate of drug-likeness (QED) is 0.115. The number of hydrogen-bond donors (Lipinski definition) is 3. The molecule has 0 unspecified atom stereocenters. The van der Waals surface area contributed by atoms with Crippen molar-refractivity contribution in [1.29, 1.82) is 0 Å². The van der Waals surface area contributed by atoms with Crippen molar-refractivity contribution in [3.05, 3.63) is 0 Å². The minimum atomic E-state index is -1.38. The highest BCUT2D eigenvalue weighted by Crippen LogP contribution is 2.25. The summed E-state index contributed by atoms with van der Waals surface area (Å²) in [5.41, 5.74) is 1.76. The molecule has 1 aliphatic rings. The van der Waals surface area contributed by atoms with Crippen molar-refractivity contribution in [2.75, 3.05) is 26.3 Å². The van der Waals surface area contributed by atoms with E-state index in [2.05, 4.69) is 15.0 Å². The Bertz CT molecular complexity index is 740. The monoisotopic (exact) mass is 461 g/mol. The average molecular weight is 461 g/mol. The Morgan fingerprint density at radius 3 is 2.12 bits per heavy atom. The molecule has 1 aliphatic heterocycles. The molecule has 0 aliphatic carbocycles. The fourth-order valence-electron chi connectivity index (χ4n) is 2.76. The van der Waals surface area contributed by atoms with Crippen LogP contribution < -0.4 is 10.8 Å². The summed E-state index contributed by atoms with van der Waals surface area (Å²) < 4.78 is 25.7. The van der Waals surface area contributed by atoms with Crippen LogP contribution >= 0.6 is 0 Å². The van der Waals surface area contributed by atoms with Gasteiger partial charge in [0.05, 0.1) is 13.2 Å². The number of amides is 1. The van der Waals surface area contributed by atoms with E-state index in [1.54, 1.807) is 12.4 Å². The second-order valence-corrected chi connectivity index (χ2v) is 6.44. The zero-order valence-electron chi connectivity index (χ0n) is 18.1. The summed E-state index contributed by atoms with van der Waals surface area (Å²) in [6.45, 7) is 3.88. The fraction of sp³-hybridized carbons (Fsp3) is 0.667. The molecule has 0 aromatic heterocycles. The van der Waals surface area contributed by atoms with Gasteiger partial charge in [-0.1, -0.05) is 0 Å². The van der Waals surface area contributed by atoms with Crippen molar-refractivity contribution in [3.63, 3.8) is 0 Å². The van der Waals surface area contributed by atoms with Gasteiger partial charge < -0.3 is 29.0 Å². The van der Waals surface area contributed by atoms with Gasteiger partial charge in [0.1, 0.15) is 13.1 Å². The molecule has 0 aromatic carbocycles. The predicted molar refractivity (Wildman–Crippen MR) is 103 cm³/mol. The second-order valence-electron chi connectivity index (χ2n) is 6.44. The molecule has 1 heterocycles. The molecule has 14 heteroatoms. The Kier molecular flexibility index (Phi) is 11.1. The molecule has 0 aromatic rings. The van der Waals surface area contributed by atoms with E-state index in [9.17, 15) is 29.2 Å². The van der Waals surface area contributed by atoms with Crippen molar-refractivity contribution in [2.24, 2.45) is 4.99 Å². The molecule has 1 fully saturated rings. The molecule has 0 radical (unpaired) electrons. The molecule has 0 spiro atoms. The number of nitrogens with zero attached hydrogens (tertiary/aromatic N) is 1. The van der Waals surface area contributed by atoms with E-state index in [-0.39, 0.29) is 25.6 Å². The van der Waals surface area contributed by atoms with Crippen LogP contribution in [0.25, 0.3) is 0 Å². The molecular weight excluding hydrogens is 434 g/mol. The van der Waals surface area contributed by atoms with Crippen molar-refractivity contribution >= 4 is 35.6 Å². The second kappa shape index (κ2) is 13.2. The third-order valence-corrected chi connectivity index (χ3v) is 3.86. The lowest BCUT2D eigenvalue weighted by Crippen LogP contribution is -2.61. The van der Waals surface area contributed by atoms with Crippen LogP contribution in [0.3, 0.4) is 0 Å². The van der Waals surface area contributed by atoms with Crippen LogP contribution in [-0.2, 0) is 47.7 Å². The van der Waals surface area contributed by atoms with E-state index >= 15 is 0 Å². The van der Waals surface area contributed by atoms with Crippen molar-refractivity contribution in [2.45, 2.75) is 52.1 Å². The average Bonchev–Trinajstić information content (AvgIpc) is 2.69. The maximum absolute atomic E-state index is 11.9. The number of ether oxygens (including phenoxy) is 5. The first-order valence-electron chi connectivity index (χ1n) is 9.59. The number of carbonyl (C=O) groups excluding carboxylic acids is 5. The molecule has 3 N–H and O–H groups in total. The largest absolute Gasteiger partial charge is 0.465 e. The summed E-state index contributed by atoms with van der Waals surface area (Å²) in [6, 6.07) is 0. The van der Waals surface area contributed by atoms with Crippen LogP contribution in [0.5, 0.6) is 0 Å². The van der Waals surface area contributed by atoms with E-state index in [0.717, 1.165) is 20.8 Å². The Morgan fingerprint density at radius 1 is 1.00 bits per heavy atom. The summed E-state index contributed by atoms with van der Waals surface area (Å²) in [7, 11) is 0. The van der Waals surface area contributed by atoms with Crippen LogP contribution in [0, 0.1) is 0 Å². The van der Waals surface area contributed by atoms with Crippen LogP contribution in [0.15, 0.2) is 4.99 Å². The molecule has 14 nitrogen and oxygen atoms in total. The van der Waals surface area contributed by atoms with Crippen LogP contribution in [0.2, 0.25) is 0 Å². The van der Waals surface area contributed by atoms with Gasteiger partial charge in [0.2, 0.25) is 5.91 Å². The Labute approximate surface area is 183 Å². The van der Waals surface area contributed by atoms with Crippen LogP contribution in [0.1, 0.15) is 27.7 Å². The number of rotatable bonds is 9. The number of aliphatic imine (C=N–C) groups is 1. The van der Waals surface area contributed by atoms with Gasteiger partial charge in [-0.25, -0.2) is 0 Å². The number of hydroxylamine groups is 1. The van der Waals surface area contributed by atoms with Gasteiger partial charge in [0.25, 0.3) is 0 Å². The third kappa shape index (κ3) is 8.85. The zero-order valence-corrected chi connectivity index (χ0v) is 18.1. The first-order valence-corrected chi connectivity index (χ1v) is 9.59. The zero-order chi connectivity index (χ0) is 24.3. The van der Waals surface area contributed by atoms with Crippen molar-refractivity contribution in [1.82, 2.24) is 10.8 Å². The Morgan fingerprint density at radius 2 is 1.59 bits per heavy atom. The van der Waals surface area contributed by atoms with E-state index in [4.69, 9.17) is 18.9 Å². The highest BCUT2D eigenvalue weighted by Gasteiger charge is 2.48. The lowest BCUT2D eigenvalue weighted by Gasteiger charge is -2.40. The summed E-state index contributed by atoms with van der Waals surface area (Å²) in [5.74, 6) is -3.88. The van der Waals surface area contributed by atoms with Crippen molar-refractivity contribution < 1.29 is 52.9 Å². The smallest absolute Gasteiger partial charge is 0.325 e. The minimum Gasteiger partial charge on any atom is -0.465 e. The summed E-state index contributed by atoms with van der Waals surface area (Å²) in [6.07, 6.45) is -5.08. The topological polar surface area (TPSA) is 188 Å². The van der Waals surface area contributed by atoms with Gasteiger partial charge in [-0.3, -0.25) is 39.7 Å². The summed E-state index contributed by atoms with van der Waals surface area (Å²) in [4.78, 5) is 61.7. The maximum Gasteiger partial charge on any atom is 0.325 e. The van der Waals surface area contributed by atoms with Crippen LogP contribution in [0.4, 0.5) is 0 Å². The third-order valence-electron chi connectivity index (χ3n) is 3.86. The van der Waals surface area contributed by atoms with Gasteiger partial charge in [-0.2, -0.15) is 0 Å². The molecule has 1 saturated heterocycles. The first-order chi connectivity index (χ1) is 15.1. The number of carbonyl (C=O) groups is 5. The highest BCUT2D eigenvalue weighted by molar-refractivity contribution is 5.90. The van der Waals surface area contributed by atoms with Gasteiger partial charge in [-0.15, -0.1) is 0 Å². The Hall–Kier alpha value is -3.26. The lowest BCUT2D eigenvalue weighted by molar-refractivity contribution is -0.217. The maximum atomic E-state index is 11.9. The molecule has 1 amide bonds. The SMILES string of the molecule is CCOC(=O)CNC(=O)CN=C(NO)[C@@H]1OC[C@@H](OC(C)=O)[C@H](OC(C)=O)[C@H]1OC(C)=O. The molecule has 0 bridgehead atoms. The van der Waals surface area contributed by atoms with E-state index in [1.165, 1.54) is 0 Å². The molecule has 0 saturated carbocycles. The Balaban J connectivity index is 3.04. The van der Waals surface area contributed by atoms with Crippen LogP contribution in [-0.4, -0.2) is 91.5 Å². The van der Waals surface area contributed by atoms with Gasteiger partial charge in [-0.05, 0) is 6.92 Å². The molecular formula is C18H27N3O11. The number of amidine groups is 1. The number of esters is 4. The molecule has 180 valence electrons. The highest BCUT2D eigenvalue weighted by atomic mass is 16.6. The standard InChI is InChI=1S/C18H27N3O11/c1-5-28-14(26)7-19-13(25)6-20-18(21-27)17-16(32-11(4)24)15(31-10(3)23)12(8-29-17)30-9(2)22/h12,15-17,27H,5-8H2,1-4H3,(H,19,25)(H,20,21)/t12-,15+,16-,17-/m1/s1. The molecule has 32 heavy (non-hydrogen) atoms. The van der Waals surface area contributed by atoms with Crippen molar-refractivity contribution in [3.8, 4) is 0 Å². The minimum absolute atomic E-state index is 0.153. The van der Waals surface area contributed by atoms with Gasteiger partial charge in [0, 0.05) is 20.8 Å². The summed E-state index contributed by atoms with van der Waals surface area (Å²) in [5, 5.41) is 11.8. The first kappa shape index (κ1) is 26.8. The fourth-order valence-corrected chi connectivity index (χ4v) is 2.76. The number of hydrogen-bond acceptors (Lipinski definition) is 12. The molecule has 1 rings (SSSR count). The van der Waals surface area contributed by atoms with Gasteiger partial charge in [0.15, 0.2) is 30.3 Å². The van der Waals surface area contributed by atoms with E-state index < -0.39 is 60.7 Å². The summed E-state index contributed by atoms with van der Waals surface area (Å²) >= 11 is 0. The molecule has 4 atom stereocenters. The predicted octanol–water partition coefficient (Wildman–Crippen LogP) is -1.76. The lowest BCUT2D eigenvalue weighted by atomic mass is 9.98. The van der Waals surface area contributed by atoms with E-state index in [0.29, 0.717) is 0 Å². The van der Waals surface area contributed by atoms with E-state index in [1.807, 2.05) is 0 Å². The number of nitrogens with one attached hydrogen (secondary N) is 2. The normalized spacial score (nSPS) is 22.8.